The Morgan fingerprint density at radius 2 is 1.89 bits per heavy atom. The fourth-order valence-electron chi connectivity index (χ4n) is 3.08. The molecule has 0 aromatic heterocycles. The maximum absolute atomic E-state index is 12.4. The van der Waals surface area contributed by atoms with Crippen molar-refractivity contribution in [3.05, 3.63) is 18.2 Å². The van der Waals surface area contributed by atoms with Gasteiger partial charge >= 0.3 is 0 Å². The molecule has 1 saturated carbocycles. The van der Waals surface area contributed by atoms with Gasteiger partial charge in [-0.05, 0) is 25.0 Å². The van der Waals surface area contributed by atoms with E-state index >= 15 is 0 Å². The summed E-state index contributed by atoms with van der Waals surface area (Å²) >= 11 is 0. The van der Waals surface area contributed by atoms with Crippen molar-refractivity contribution in [3.8, 4) is 5.75 Å². The first-order chi connectivity index (χ1) is 8.95. The van der Waals surface area contributed by atoms with E-state index in [4.69, 9.17) is 0 Å². The number of aromatic hydroxyl groups is 1. The van der Waals surface area contributed by atoms with Gasteiger partial charge in [0.05, 0.1) is 16.1 Å². The molecule has 2 aliphatic rings. The van der Waals surface area contributed by atoms with Crippen molar-refractivity contribution >= 4 is 21.4 Å². The number of carbonyl (C=O) groups excluding carboxylic acids is 1. The topological polar surface area (TPSA) is 83.5 Å². The largest absolute Gasteiger partial charge is 0.506 e. The van der Waals surface area contributed by atoms with Crippen LogP contribution in [0.4, 0.5) is 5.69 Å². The molecule has 1 heterocycles. The molecular formula is C13H15NO4S. The predicted molar refractivity (Wildman–Crippen MR) is 69.7 cm³/mol. The van der Waals surface area contributed by atoms with Crippen LogP contribution in [0.25, 0.3) is 0 Å². The Morgan fingerprint density at radius 3 is 2.58 bits per heavy atom. The zero-order valence-electron chi connectivity index (χ0n) is 10.3. The molecule has 19 heavy (non-hydrogen) atoms. The van der Waals surface area contributed by atoms with Crippen LogP contribution >= 0.6 is 0 Å². The zero-order valence-corrected chi connectivity index (χ0v) is 11.2. The minimum absolute atomic E-state index is 0.0182. The highest BCUT2D eigenvalue weighted by Gasteiger charge is 2.48. The number of phenols is 1. The van der Waals surface area contributed by atoms with E-state index in [2.05, 4.69) is 5.32 Å². The molecular weight excluding hydrogens is 266 g/mol. The highest BCUT2D eigenvalue weighted by atomic mass is 32.2. The monoisotopic (exact) mass is 281 g/mol. The number of benzene rings is 1. The maximum Gasteiger partial charge on any atom is 0.231 e. The average molecular weight is 281 g/mol. The second kappa shape index (κ2) is 3.96. The number of fused-ring (bicyclic) bond motifs is 1. The SMILES string of the molecule is O=C1Nc2c(O)cccc2S(=O)(=O)CC12CCCC2. The van der Waals surface area contributed by atoms with Crippen molar-refractivity contribution < 1.29 is 18.3 Å². The van der Waals surface area contributed by atoms with E-state index in [1.807, 2.05) is 0 Å². The molecule has 0 saturated heterocycles. The van der Waals surface area contributed by atoms with E-state index < -0.39 is 15.3 Å². The number of hydrogen-bond acceptors (Lipinski definition) is 4. The first kappa shape index (κ1) is 12.5. The second-order valence-electron chi connectivity index (χ2n) is 5.35. The van der Waals surface area contributed by atoms with Crippen molar-refractivity contribution in [1.82, 2.24) is 0 Å². The van der Waals surface area contributed by atoms with Gasteiger partial charge in [-0.1, -0.05) is 18.9 Å². The van der Waals surface area contributed by atoms with Crippen molar-refractivity contribution in [2.45, 2.75) is 30.6 Å². The molecule has 1 fully saturated rings. The Balaban J connectivity index is 2.19. The third-order valence-corrected chi connectivity index (χ3v) is 6.03. The number of anilines is 1. The van der Waals surface area contributed by atoms with Gasteiger partial charge in [-0.15, -0.1) is 0 Å². The van der Waals surface area contributed by atoms with Gasteiger partial charge < -0.3 is 10.4 Å². The molecule has 6 heteroatoms. The maximum atomic E-state index is 12.4. The number of sulfone groups is 1. The van der Waals surface area contributed by atoms with Crippen LogP contribution in [-0.2, 0) is 14.6 Å². The molecule has 1 aliphatic heterocycles. The van der Waals surface area contributed by atoms with Crippen molar-refractivity contribution in [1.29, 1.82) is 0 Å². The minimum atomic E-state index is -3.57. The Kier molecular flexibility index (Phi) is 2.60. The lowest BCUT2D eigenvalue weighted by atomic mass is 9.87. The molecule has 1 spiro atoms. The molecule has 0 radical (unpaired) electrons. The Labute approximate surface area is 111 Å². The predicted octanol–water partition coefficient (Wildman–Crippen LogP) is 1.68. The minimum Gasteiger partial charge on any atom is -0.506 e. The molecule has 102 valence electrons. The third-order valence-electron chi connectivity index (χ3n) is 4.09. The van der Waals surface area contributed by atoms with Crippen molar-refractivity contribution in [2.24, 2.45) is 5.41 Å². The zero-order chi connectivity index (χ0) is 13.7. The fraction of sp³-hybridized carbons (Fsp3) is 0.462. The first-order valence-electron chi connectivity index (χ1n) is 6.31. The Bertz CT molecular complexity index is 645. The quantitative estimate of drug-likeness (QED) is 0.709. The lowest BCUT2D eigenvalue weighted by Gasteiger charge is -2.24. The van der Waals surface area contributed by atoms with E-state index in [-0.39, 0.29) is 28.0 Å². The standard InChI is InChI=1S/C13H15NO4S/c15-9-4-3-5-10-11(9)14-12(16)13(6-1-2-7-13)8-19(10,17)18/h3-5,15H,1-2,6-8H2,(H,14,16). The van der Waals surface area contributed by atoms with E-state index in [9.17, 15) is 18.3 Å². The van der Waals surface area contributed by atoms with Gasteiger partial charge in [0.15, 0.2) is 9.84 Å². The number of carbonyl (C=O) groups is 1. The van der Waals surface area contributed by atoms with Crippen molar-refractivity contribution in [3.63, 3.8) is 0 Å². The summed E-state index contributed by atoms with van der Waals surface area (Å²) in [6, 6.07) is 4.28. The molecule has 0 atom stereocenters. The fourth-order valence-corrected chi connectivity index (χ4v) is 5.14. The third kappa shape index (κ3) is 1.82. The van der Waals surface area contributed by atoms with E-state index in [0.717, 1.165) is 12.8 Å². The highest BCUT2D eigenvalue weighted by molar-refractivity contribution is 7.91. The molecule has 1 amide bonds. The van der Waals surface area contributed by atoms with Crippen LogP contribution in [0.5, 0.6) is 5.75 Å². The Morgan fingerprint density at radius 1 is 1.21 bits per heavy atom. The van der Waals surface area contributed by atoms with Gasteiger partial charge in [0, 0.05) is 0 Å². The highest BCUT2D eigenvalue weighted by Crippen LogP contribution is 2.45. The van der Waals surface area contributed by atoms with Gasteiger partial charge in [0.2, 0.25) is 5.91 Å². The summed E-state index contributed by atoms with van der Waals surface area (Å²) in [6.07, 6.45) is 2.91. The van der Waals surface area contributed by atoms with E-state index in [1.54, 1.807) is 0 Å². The smallest absolute Gasteiger partial charge is 0.231 e. The van der Waals surface area contributed by atoms with Gasteiger partial charge in [-0.2, -0.15) is 0 Å². The van der Waals surface area contributed by atoms with Crippen LogP contribution in [0, 0.1) is 5.41 Å². The number of nitrogens with one attached hydrogen (secondary N) is 1. The molecule has 1 aromatic carbocycles. The first-order valence-corrected chi connectivity index (χ1v) is 7.96. The summed E-state index contributed by atoms with van der Waals surface area (Å²) < 4.78 is 24.9. The van der Waals surface area contributed by atoms with E-state index in [0.29, 0.717) is 12.8 Å². The molecule has 2 N–H and O–H groups in total. The van der Waals surface area contributed by atoms with Crippen LogP contribution in [-0.4, -0.2) is 25.2 Å². The molecule has 1 aromatic rings. The number of amides is 1. The summed E-state index contributed by atoms with van der Waals surface area (Å²) in [5.41, 5.74) is -0.805. The normalized spacial score (nSPS) is 23.7. The number of phenolic OH excluding ortho intramolecular Hbond substituents is 1. The lowest BCUT2D eigenvalue weighted by molar-refractivity contribution is -0.124. The molecule has 5 nitrogen and oxygen atoms in total. The van der Waals surface area contributed by atoms with Gasteiger partial charge in [0.25, 0.3) is 0 Å². The summed E-state index contributed by atoms with van der Waals surface area (Å²) in [4.78, 5) is 12.4. The number of rotatable bonds is 0. The summed E-state index contributed by atoms with van der Waals surface area (Å²) in [7, 11) is -3.57. The number of hydrogen-bond donors (Lipinski definition) is 2. The van der Waals surface area contributed by atoms with E-state index in [1.165, 1.54) is 18.2 Å². The van der Waals surface area contributed by atoms with Crippen LogP contribution in [0.15, 0.2) is 23.1 Å². The Hall–Kier alpha value is -1.56. The molecule has 0 bridgehead atoms. The number of para-hydroxylation sites is 1. The summed E-state index contributed by atoms with van der Waals surface area (Å²) in [5, 5.41) is 12.4. The lowest BCUT2D eigenvalue weighted by Crippen LogP contribution is -2.37. The van der Waals surface area contributed by atoms with Crippen LogP contribution < -0.4 is 5.32 Å². The van der Waals surface area contributed by atoms with Crippen LogP contribution in [0.3, 0.4) is 0 Å². The molecule has 3 rings (SSSR count). The average Bonchev–Trinajstić information content (AvgIpc) is 2.77. The molecule has 0 unspecified atom stereocenters. The second-order valence-corrected chi connectivity index (χ2v) is 7.31. The van der Waals surface area contributed by atoms with Crippen LogP contribution in [0.2, 0.25) is 0 Å². The van der Waals surface area contributed by atoms with Gasteiger partial charge in [-0.3, -0.25) is 4.79 Å². The molecule has 1 aliphatic carbocycles. The van der Waals surface area contributed by atoms with Crippen LogP contribution in [0.1, 0.15) is 25.7 Å². The summed E-state index contributed by atoms with van der Waals surface area (Å²) in [5.74, 6) is -0.652. The van der Waals surface area contributed by atoms with Crippen molar-refractivity contribution in [2.75, 3.05) is 11.1 Å². The van der Waals surface area contributed by atoms with Gasteiger partial charge in [-0.25, -0.2) is 8.42 Å². The summed E-state index contributed by atoms with van der Waals surface area (Å²) in [6.45, 7) is 0. The van der Waals surface area contributed by atoms with Gasteiger partial charge in [0.1, 0.15) is 11.4 Å².